The minimum Gasteiger partial charge on any atom is -0.335 e. The molecule has 2 aliphatic rings. The first-order valence-corrected chi connectivity index (χ1v) is 12.0. The molecular weight excluding hydrogens is 418 g/mol. The summed E-state index contributed by atoms with van der Waals surface area (Å²) in [5, 5.41) is 11.4. The maximum atomic E-state index is 12.7. The normalized spacial score (nSPS) is 18.0. The number of hydrogen-bond donors (Lipinski definition) is 2. The van der Waals surface area contributed by atoms with Gasteiger partial charge in [0.1, 0.15) is 5.82 Å². The van der Waals surface area contributed by atoms with Crippen LogP contribution in [0.15, 0.2) is 29.1 Å². The van der Waals surface area contributed by atoms with Crippen molar-refractivity contribution in [3.05, 3.63) is 51.6 Å². The highest BCUT2D eigenvalue weighted by molar-refractivity contribution is 5.74. The van der Waals surface area contributed by atoms with E-state index in [2.05, 4.69) is 32.7 Å². The van der Waals surface area contributed by atoms with E-state index in [9.17, 15) is 9.59 Å². The van der Waals surface area contributed by atoms with Crippen molar-refractivity contribution in [3.8, 4) is 0 Å². The number of aromatic amines is 1. The van der Waals surface area contributed by atoms with Crippen LogP contribution in [0.2, 0.25) is 0 Å². The predicted octanol–water partition coefficient (Wildman–Crippen LogP) is 3.09. The second kappa shape index (κ2) is 9.33. The van der Waals surface area contributed by atoms with Gasteiger partial charge in [-0.3, -0.25) is 4.79 Å². The van der Waals surface area contributed by atoms with Gasteiger partial charge in [0, 0.05) is 25.0 Å². The summed E-state index contributed by atoms with van der Waals surface area (Å²) in [4.78, 5) is 34.9. The number of nitrogens with zero attached hydrogens (tertiary/aromatic N) is 5. The number of carbonyl (C=O) groups excluding carboxylic acids is 1. The van der Waals surface area contributed by atoms with Crippen molar-refractivity contribution in [3.63, 3.8) is 0 Å². The molecule has 1 saturated carbocycles. The van der Waals surface area contributed by atoms with Gasteiger partial charge in [0.2, 0.25) is 0 Å². The number of fused-ring (bicyclic) bond motifs is 1. The number of nitrogens with one attached hydrogen (secondary N) is 2. The first kappa shape index (κ1) is 21.6. The fourth-order valence-corrected chi connectivity index (χ4v) is 4.92. The van der Waals surface area contributed by atoms with Crippen molar-refractivity contribution in [2.24, 2.45) is 0 Å². The largest absolute Gasteiger partial charge is 0.335 e. The average molecular weight is 450 g/mol. The number of amides is 2. The summed E-state index contributed by atoms with van der Waals surface area (Å²) in [6.45, 7) is 3.87. The molecule has 0 unspecified atom stereocenters. The summed E-state index contributed by atoms with van der Waals surface area (Å²) in [6.07, 6.45) is 7.37. The summed E-state index contributed by atoms with van der Waals surface area (Å²) in [5.74, 6) is 0.760. The second-order valence-corrected chi connectivity index (χ2v) is 9.40. The van der Waals surface area contributed by atoms with Gasteiger partial charge in [0.25, 0.3) is 5.56 Å². The number of carbonyl (C=O) groups is 1. The molecule has 33 heavy (non-hydrogen) atoms. The molecule has 3 heterocycles. The molecule has 1 aliphatic heterocycles. The smallest absolute Gasteiger partial charge is 0.317 e. The lowest BCUT2D eigenvalue weighted by molar-refractivity contribution is 0.173. The Hall–Kier alpha value is -3.23. The van der Waals surface area contributed by atoms with Crippen molar-refractivity contribution in [2.45, 2.75) is 70.4 Å². The van der Waals surface area contributed by atoms with Crippen molar-refractivity contribution in [1.82, 2.24) is 35.2 Å². The van der Waals surface area contributed by atoms with Crippen LogP contribution in [0.3, 0.4) is 0 Å². The van der Waals surface area contributed by atoms with Gasteiger partial charge in [0.15, 0.2) is 11.2 Å². The van der Waals surface area contributed by atoms with Crippen LogP contribution < -0.4 is 10.9 Å². The Morgan fingerprint density at radius 2 is 1.82 bits per heavy atom. The third-order valence-electron chi connectivity index (χ3n) is 6.95. The number of piperidine rings is 1. The van der Waals surface area contributed by atoms with Crippen LogP contribution in [-0.2, 0) is 6.54 Å². The fourth-order valence-electron chi connectivity index (χ4n) is 4.92. The molecule has 0 atom stereocenters. The molecule has 2 amide bonds. The minimum absolute atomic E-state index is 0.0395. The Balaban J connectivity index is 1.27. The van der Waals surface area contributed by atoms with Gasteiger partial charge in [-0.2, -0.15) is 0 Å². The summed E-state index contributed by atoms with van der Waals surface area (Å²) in [7, 11) is 0. The molecule has 0 radical (unpaired) electrons. The van der Waals surface area contributed by atoms with Crippen molar-refractivity contribution in [2.75, 3.05) is 13.1 Å². The van der Waals surface area contributed by atoms with E-state index >= 15 is 0 Å². The van der Waals surface area contributed by atoms with Crippen LogP contribution >= 0.6 is 0 Å². The lowest BCUT2D eigenvalue weighted by Gasteiger charge is -2.33. The molecular formula is C24H31N7O2. The number of rotatable bonds is 4. The summed E-state index contributed by atoms with van der Waals surface area (Å²) in [6, 6.07) is 8.55. The standard InChI is InChI=1S/C24H31N7O2/c1-16-7-9-17(10-8-16)15-31-22-20(28-29-31)23(32)27-21(26-22)18-11-13-30(14-12-18)24(33)25-19-5-3-2-4-6-19/h7-10,18-19H,2-6,11-15H2,1H3,(H,25,33)(H,26,27,32). The van der Waals surface area contributed by atoms with Crippen LogP contribution in [0.25, 0.3) is 11.2 Å². The molecule has 0 spiro atoms. The Morgan fingerprint density at radius 3 is 2.55 bits per heavy atom. The van der Waals surface area contributed by atoms with E-state index < -0.39 is 0 Å². The van der Waals surface area contributed by atoms with Gasteiger partial charge in [-0.1, -0.05) is 54.3 Å². The summed E-state index contributed by atoms with van der Waals surface area (Å²) < 4.78 is 1.69. The number of likely N-dealkylation sites (tertiary alicyclic amines) is 1. The number of hydrogen-bond acceptors (Lipinski definition) is 5. The van der Waals surface area contributed by atoms with E-state index in [1.54, 1.807) is 4.68 Å². The number of aromatic nitrogens is 5. The molecule has 2 fully saturated rings. The predicted molar refractivity (Wildman–Crippen MR) is 125 cm³/mol. The SMILES string of the molecule is Cc1ccc(Cn2nnc3c(=O)[nH]c(C4CCN(C(=O)NC5CCCCC5)CC4)nc32)cc1. The molecule has 1 saturated heterocycles. The first-order chi connectivity index (χ1) is 16.1. The Labute approximate surface area is 192 Å². The number of benzene rings is 1. The van der Waals surface area contributed by atoms with Gasteiger partial charge in [0.05, 0.1) is 6.54 Å². The third-order valence-corrected chi connectivity index (χ3v) is 6.95. The maximum Gasteiger partial charge on any atom is 0.317 e. The second-order valence-electron chi connectivity index (χ2n) is 9.40. The van der Waals surface area contributed by atoms with Crippen LogP contribution in [0.4, 0.5) is 4.79 Å². The van der Waals surface area contributed by atoms with Gasteiger partial charge in [-0.05, 0) is 38.2 Å². The molecule has 1 aliphatic carbocycles. The van der Waals surface area contributed by atoms with E-state index in [4.69, 9.17) is 4.98 Å². The van der Waals surface area contributed by atoms with Crippen LogP contribution in [0.5, 0.6) is 0 Å². The zero-order chi connectivity index (χ0) is 22.8. The van der Waals surface area contributed by atoms with E-state index in [0.29, 0.717) is 37.1 Å². The molecule has 9 heteroatoms. The highest BCUT2D eigenvalue weighted by Crippen LogP contribution is 2.26. The fraction of sp³-hybridized carbons (Fsp3) is 0.542. The van der Waals surface area contributed by atoms with Gasteiger partial charge in [-0.15, -0.1) is 5.10 Å². The molecule has 174 valence electrons. The molecule has 2 N–H and O–H groups in total. The lowest BCUT2D eigenvalue weighted by Crippen LogP contribution is -2.48. The van der Waals surface area contributed by atoms with E-state index in [1.807, 2.05) is 24.0 Å². The molecule has 0 bridgehead atoms. The van der Waals surface area contributed by atoms with Gasteiger partial charge in [-0.25, -0.2) is 14.5 Å². The maximum absolute atomic E-state index is 12.7. The van der Waals surface area contributed by atoms with Gasteiger partial charge < -0.3 is 15.2 Å². The minimum atomic E-state index is -0.261. The van der Waals surface area contributed by atoms with E-state index in [-0.39, 0.29) is 23.0 Å². The Kier molecular flexibility index (Phi) is 6.11. The van der Waals surface area contributed by atoms with Crippen LogP contribution in [0, 0.1) is 6.92 Å². The molecule has 9 nitrogen and oxygen atoms in total. The molecule has 5 rings (SSSR count). The van der Waals surface area contributed by atoms with Crippen molar-refractivity contribution >= 4 is 17.2 Å². The number of aryl methyl sites for hydroxylation is 1. The first-order valence-electron chi connectivity index (χ1n) is 12.0. The van der Waals surface area contributed by atoms with E-state index in [1.165, 1.54) is 24.8 Å². The monoisotopic (exact) mass is 449 g/mol. The molecule has 3 aromatic rings. The lowest BCUT2D eigenvalue weighted by atomic mass is 9.95. The third kappa shape index (κ3) is 4.77. The Morgan fingerprint density at radius 1 is 1.09 bits per heavy atom. The molecule has 2 aromatic heterocycles. The summed E-state index contributed by atoms with van der Waals surface area (Å²) in [5.41, 5.74) is 2.77. The van der Waals surface area contributed by atoms with Gasteiger partial charge >= 0.3 is 6.03 Å². The quantitative estimate of drug-likeness (QED) is 0.636. The zero-order valence-electron chi connectivity index (χ0n) is 19.1. The molecule has 1 aromatic carbocycles. The van der Waals surface area contributed by atoms with Crippen molar-refractivity contribution in [1.29, 1.82) is 0 Å². The van der Waals surface area contributed by atoms with Crippen LogP contribution in [-0.4, -0.2) is 55.0 Å². The Bertz CT molecular complexity index is 1170. The highest BCUT2D eigenvalue weighted by Gasteiger charge is 2.27. The van der Waals surface area contributed by atoms with Crippen molar-refractivity contribution < 1.29 is 4.79 Å². The average Bonchev–Trinajstić information content (AvgIpc) is 3.24. The van der Waals surface area contributed by atoms with E-state index in [0.717, 1.165) is 31.2 Å². The highest BCUT2D eigenvalue weighted by atomic mass is 16.2. The summed E-state index contributed by atoms with van der Waals surface area (Å²) >= 11 is 0. The zero-order valence-corrected chi connectivity index (χ0v) is 19.1. The number of urea groups is 1. The van der Waals surface area contributed by atoms with Crippen LogP contribution in [0.1, 0.15) is 67.8 Å². The topological polar surface area (TPSA) is 109 Å². The number of H-pyrrole nitrogens is 1.